The monoisotopic (exact) mass is 496 g/mol. The standard InChI is InChI=1S/C23H17ClF4N2O4/c24-18-7-3-1-5-15(18)13-32-19-8-4-2-6-17(19)21(31)30-29-12-14-9-10-16(33-22(25)26)11-20(14)34-23(27)28/h1-12,22-23H,13H2,(H,30,31)/b29-12-. The van der Waals surface area contributed by atoms with Gasteiger partial charge in [-0.05, 0) is 30.3 Å². The van der Waals surface area contributed by atoms with Crippen LogP contribution in [0.15, 0.2) is 71.8 Å². The number of para-hydroxylation sites is 1. The van der Waals surface area contributed by atoms with Crippen LogP contribution in [0, 0.1) is 0 Å². The lowest BCUT2D eigenvalue weighted by Gasteiger charge is -2.12. The van der Waals surface area contributed by atoms with Crippen molar-refractivity contribution in [3.05, 3.63) is 88.4 Å². The highest BCUT2D eigenvalue weighted by Gasteiger charge is 2.14. The van der Waals surface area contributed by atoms with Gasteiger partial charge in [-0.3, -0.25) is 4.79 Å². The summed E-state index contributed by atoms with van der Waals surface area (Å²) >= 11 is 6.12. The van der Waals surface area contributed by atoms with Gasteiger partial charge in [-0.25, -0.2) is 5.43 Å². The maximum Gasteiger partial charge on any atom is 0.387 e. The SMILES string of the molecule is O=C(N/N=C\c1ccc(OC(F)F)cc1OC(F)F)c1ccccc1OCc1ccccc1Cl. The summed E-state index contributed by atoms with van der Waals surface area (Å²) in [4.78, 5) is 12.6. The molecule has 0 heterocycles. The van der Waals surface area contributed by atoms with Crippen molar-refractivity contribution in [2.45, 2.75) is 19.8 Å². The minimum atomic E-state index is -3.22. The minimum absolute atomic E-state index is 0.00882. The van der Waals surface area contributed by atoms with Crippen molar-refractivity contribution in [3.8, 4) is 17.2 Å². The fourth-order valence-corrected chi connectivity index (χ4v) is 2.96. The van der Waals surface area contributed by atoms with E-state index in [0.29, 0.717) is 5.02 Å². The Kier molecular flexibility index (Phi) is 8.69. The van der Waals surface area contributed by atoms with Gasteiger partial charge in [0.2, 0.25) is 0 Å². The highest BCUT2D eigenvalue weighted by molar-refractivity contribution is 6.31. The van der Waals surface area contributed by atoms with Crippen LogP contribution in [0.1, 0.15) is 21.5 Å². The first kappa shape index (κ1) is 24.8. The normalized spacial score (nSPS) is 11.1. The molecule has 0 saturated heterocycles. The summed E-state index contributed by atoms with van der Waals surface area (Å²) in [7, 11) is 0. The Balaban J connectivity index is 1.71. The van der Waals surface area contributed by atoms with Gasteiger partial charge in [0.05, 0.1) is 11.8 Å². The summed E-state index contributed by atoms with van der Waals surface area (Å²) in [6.45, 7) is -6.24. The third kappa shape index (κ3) is 7.11. The van der Waals surface area contributed by atoms with E-state index in [2.05, 4.69) is 20.0 Å². The number of nitrogens with one attached hydrogen (secondary N) is 1. The summed E-state index contributed by atoms with van der Waals surface area (Å²) < 4.78 is 64.3. The number of ether oxygens (including phenoxy) is 3. The van der Waals surface area contributed by atoms with E-state index >= 15 is 0 Å². The number of benzene rings is 3. The first-order valence-electron chi connectivity index (χ1n) is 9.66. The van der Waals surface area contributed by atoms with Gasteiger partial charge in [0, 0.05) is 22.2 Å². The second-order valence-electron chi connectivity index (χ2n) is 6.53. The number of amides is 1. The molecule has 0 spiro atoms. The lowest BCUT2D eigenvalue weighted by atomic mass is 10.2. The second kappa shape index (κ2) is 11.9. The smallest absolute Gasteiger partial charge is 0.387 e. The van der Waals surface area contributed by atoms with Crippen LogP contribution in [0.3, 0.4) is 0 Å². The molecule has 0 atom stereocenters. The summed E-state index contributed by atoms with van der Waals surface area (Å²) in [6, 6.07) is 16.6. The van der Waals surface area contributed by atoms with Gasteiger partial charge in [-0.15, -0.1) is 0 Å². The first-order valence-corrected chi connectivity index (χ1v) is 10.0. The van der Waals surface area contributed by atoms with Crippen molar-refractivity contribution in [1.82, 2.24) is 5.43 Å². The molecule has 0 saturated carbocycles. The van der Waals surface area contributed by atoms with E-state index in [0.717, 1.165) is 23.9 Å². The molecular weight excluding hydrogens is 480 g/mol. The molecule has 0 radical (unpaired) electrons. The lowest BCUT2D eigenvalue weighted by Crippen LogP contribution is -2.19. The van der Waals surface area contributed by atoms with Crippen LogP contribution >= 0.6 is 11.6 Å². The molecule has 0 aromatic heterocycles. The van der Waals surface area contributed by atoms with Crippen molar-refractivity contribution in [3.63, 3.8) is 0 Å². The van der Waals surface area contributed by atoms with E-state index in [1.54, 1.807) is 42.5 Å². The molecule has 1 amide bonds. The lowest BCUT2D eigenvalue weighted by molar-refractivity contribution is -0.0543. The molecule has 0 aliphatic carbocycles. The van der Waals surface area contributed by atoms with Crippen LogP contribution in [0.4, 0.5) is 17.6 Å². The van der Waals surface area contributed by atoms with Crippen molar-refractivity contribution < 1.29 is 36.6 Å². The molecule has 1 N–H and O–H groups in total. The van der Waals surface area contributed by atoms with Crippen molar-refractivity contribution >= 4 is 23.7 Å². The van der Waals surface area contributed by atoms with Crippen LogP contribution < -0.4 is 19.6 Å². The zero-order valence-electron chi connectivity index (χ0n) is 17.3. The predicted molar refractivity (Wildman–Crippen MR) is 117 cm³/mol. The second-order valence-corrected chi connectivity index (χ2v) is 6.94. The van der Waals surface area contributed by atoms with Crippen molar-refractivity contribution in [2.75, 3.05) is 0 Å². The number of rotatable bonds is 10. The molecule has 0 aliphatic rings. The number of hydrogen-bond donors (Lipinski definition) is 1. The fourth-order valence-electron chi connectivity index (χ4n) is 2.77. The number of alkyl halides is 4. The molecular formula is C23H17ClF4N2O4. The van der Waals surface area contributed by atoms with Gasteiger partial charge in [0.25, 0.3) is 5.91 Å². The minimum Gasteiger partial charge on any atom is -0.488 e. The Labute approximate surface area is 196 Å². The summed E-state index contributed by atoms with van der Waals surface area (Å²) in [5, 5.41) is 4.25. The zero-order chi connectivity index (χ0) is 24.5. The molecule has 3 rings (SSSR count). The van der Waals surface area contributed by atoms with Gasteiger partial charge in [0.15, 0.2) is 0 Å². The number of nitrogens with zero attached hydrogens (tertiary/aromatic N) is 1. The van der Waals surface area contributed by atoms with Gasteiger partial charge < -0.3 is 14.2 Å². The molecule has 178 valence electrons. The molecule has 6 nitrogen and oxygen atoms in total. The van der Waals surface area contributed by atoms with Crippen molar-refractivity contribution in [2.24, 2.45) is 5.10 Å². The summed E-state index contributed by atoms with van der Waals surface area (Å²) in [6.07, 6.45) is 1.02. The molecule has 34 heavy (non-hydrogen) atoms. The van der Waals surface area contributed by atoms with Crippen LogP contribution in [-0.2, 0) is 6.61 Å². The Bertz CT molecular complexity index is 1160. The molecule has 0 fully saturated rings. The fraction of sp³-hybridized carbons (Fsp3) is 0.130. The van der Waals surface area contributed by atoms with E-state index < -0.39 is 24.9 Å². The van der Waals surface area contributed by atoms with Crippen LogP contribution in [0.2, 0.25) is 5.02 Å². The molecule has 3 aromatic rings. The van der Waals surface area contributed by atoms with Gasteiger partial charge in [-0.1, -0.05) is 41.9 Å². The largest absolute Gasteiger partial charge is 0.488 e. The summed E-state index contributed by atoms with van der Waals surface area (Å²) in [5.74, 6) is -1.21. The maximum atomic E-state index is 12.7. The molecule has 11 heteroatoms. The van der Waals surface area contributed by atoms with Gasteiger partial charge in [-0.2, -0.15) is 22.7 Å². The van der Waals surface area contributed by atoms with Gasteiger partial charge >= 0.3 is 13.2 Å². The van der Waals surface area contributed by atoms with E-state index in [4.69, 9.17) is 16.3 Å². The van der Waals surface area contributed by atoms with Crippen LogP contribution in [0.25, 0.3) is 0 Å². The number of hydrogen-bond acceptors (Lipinski definition) is 5. The number of carbonyl (C=O) groups is 1. The van der Waals surface area contributed by atoms with E-state index in [1.165, 1.54) is 12.1 Å². The quantitative estimate of drug-likeness (QED) is 0.216. The maximum absolute atomic E-state index is 12.7. The van der Waals surface area contributed by atoms with Crippen LogP contribution in [-0.4, -0.2) is 25.3 Å². The summed E-state index contributed by atoms with van der Waals surface area (Å²) in [5.41, 5.74) is 3.13. The third-order valence-electron chi connectivity index (χ3n) is 4.27. The molecule has 0 aliphatic heterocycles. The average Bonchev–Trinajstić information content (AvgIpc) is 2.79. The zero-order valence-corrected chi connectivity index (χ0v) is 18.0. The van der Waals surface area contributed by atoms with Gasteiger partial charge in [0.1, 0.15) is 23.9 Å². The number of halogens is 5. The molecule has 0 unspecified atom stereocenters. The van der Waals surface area contributed by atoms with E-state index in [-0.39, 0.29) is 29.2 Å². The van der Waals surface area contributed by atoms with Crippen molar-refractivity contribution in [1.29, 1.82) is 0 Å². The Morgan fingerprint density at radius 2 is 1.65 bits per heavy atom. The Morgan fingerprint density at radius 1 is 0.941 bits per heavy atom. The number of hydrazone groups is 1. The average molecular weight is 497 g/mol. The Hall–Kier alpha value is -3.79. The van der Waals surface area contributed by atoms with Crippen LogP contribution in [0.5, 0.6) is 17.2 Å². The topological polar surface area (TPSA) is 69.2 Å². The number of carbonyl (C=O) groups excluding carboxylic acids is 1. The highest BCUT2D eigenvalue weighted by Crippen LogP contribution is 2.27. The third-order valence-corrected chi connectivity index (χ3v) is 4.64. The van der Waals surface area contributed by atoms with E-state index in [9.17, 15) is 22.4 Å². The molecule has 3 aromatic carbocycles. The Morgan fingerprint density at radius 3 is 2.38 bits per heavy atom. The molecule has 0 bridgehead atoms. The predicted octanol–water partition coefficient (Wildman–Crippen LogP) is 5.89. The highest BCUT2D eigenvalue weighted by atomic mass is 35.5. The first-order chi connectivity index (χ1) is 16.3. The van der Waals surface area contributed by atoms with E-state index in [1.807, 2.05) is 0 Å².